The molecule has 0 bridgehead atoms. The fraction of sp³-hybridized carbons (Fsp3) is 0.208. The van der Waals surface area contributed by atoms with Crippen molar-refractivity contribution >= 4 is 18.6 Å². The number of carbonyl (C=O) groups is 1. The summed E-state index contributed by atoms with van der Waals surface area (Å²) in [6.45, 7) is 6.23. The lowest BCUT2D eigenvalue weighted by atomic mass is 9.80. The van der Waals surface area contributed by atoms with Crippen LogP contribution in [0.3, 0.4) is 0 Å². The molecule has 0 atom stereocenters. The number of aromatic hydroxyl groups is 1. The predicted molar refractivity (Wildman–Crippen MR) is 121 cm³/mol. The Morgan fingerprint density at radius 3 is 2.12 bits per heavy atom. The Labute approximate surface area is 187 Å². The molecule has 0 spiro atoms. The van der Waals surface area contributed by atoms with Crippen LogP contribution in [0.5, 0.6) is 23.0 Å². The van der Waals surface area contributed by atoms with Crippen LogP contribution in [0.1, 0.15) is 27.0 Å². The van der Waals surface area contributed by atoms with Crippen LogP contribution in [0.25, 0.3) is 0 Å². The van der Waals surface area contributed by atoms with Crippen LogP contribution in [-0.2, 0) is 0 Å². The maximum Gasteiger partial charge on any atom is 0.488 e. The van der Waals surface area contributed by atoms with Crippen LogP contribution in [0.2, 0.25) is 0 Å². The fourth-order valence-electron chi connectivity index (χ4n) is 3.15. The highest BCUT2D eigenvalue weighted by atomic mass is 16.5. The van der Waals surface area contributed by atoms with E-state index in [0.29, 0.717) is 41.5 Å². The second-order valence-corrected chi connectivity index (χ2v) is 7.35. The van der Waals surface area contributed by atoms with Crippen LogP contribution in [-0.4, -0.2) is 41.5 Å². The molecular weight excluding hydrogens is 411 g/mol. The number of phenolic OH excluding ortho intramolecular Hbond substituents is 1. The average molecular weight is 436 g/mol. The van der Waals surface area contributed by atoms with E-state index in [2.05, 4.69) is 0 Å². The van der Waals surface area contributed by atoms with Gasteiger partial charge in [-0.2, -0.15) is 0 Å². The van der Waals surface area contributed by atoms with Gasteiger partial charge in [0, 0.05) is 0 Å². The fourth-order valence-corrected chi connectivity index (χ4v) is 3.15. The molecule has 32 heavy (non-hydrogen) atoms. The Bertz CT molecular complexity index is 1080. The van der Waals surface area contributed by atoms with Crippen molar-refractivity contribution in [2.75, 3.05) is 13.2 Å². The van der Waals surface area contributed by atoms with Crippen molar-refractivity contribution in [2.45, 2.75) is 20.8 Å². The van der Waals surface area contributed by atoms with Crippen molar-refractivity contribution in [3.63, 3.8) is 0 Å². The van der Waals surface area contributed by atoms with Gasteiger partial charge in [-0.1, -0.05) is 12.1 Å². The summed E-state index contributed by atoms with van der Waals surface area (Å²) in [4.78, 5) is 12.4. The van der Waals surface area contributed by atoms with E-state index in [1.807, 2.05) is 20.8 Å². The van der Waals surface area contributed by atoms with Crippen LogP contribution in [0, 0.1) is 20.8 Å². The van der Waals surface area contributed by atoms with E-state index in [1.54, 1.807) is 30.3 Å². The second kappa shape index (κ2) is 10.2. The molecule has 7 nitrogen and oxygen atoms in total. The summed E-state index contributed by atoms with van der Waals surface area (Å²) in [6, 6.07) is 14.1. The predicted octanol–water partition coefficient (Wildman–Crippen LogP) is 2.67. The summed E-state index contributed by atoms with van der Waals surface area (Å²) < 4.78 is 17.1. The molecule has 0 aliphatic carbocycles. The summed E-state index contributed by atoms with van der Waals surface area (Å²) in [7, 11) is -1.51. The molecule has 8 heteroatoms. The minimum Gasteiger partial charge on any atom is -0.508 e. The Morgan fingerprint density at radius 1 is 0.875 bits per heavy atom. The number of aryl methyl sites for hydroxylation is 1. The number of benzene rings is 3. The maximum atomic E-state index is 12.4. The zero-order valence-corrected chi connectivity index (χ0v) is 18.2. The molecule has 0 fully saturated rings. The van der Waals surface area contributed by atoms with Gasteiger partial charge < -0.3 is 29.4 Å². The van der Waals surface area contributed by atoms with E-state index in [9.17, 15) is 9.90 Å². The Balaban J connectivity index is 1.61. The van der Waals surface area contributed by atoms with E-state index < -0.39 is 13.1 Å². The molecule has 0 aliphatic heterocycles. The third kappa shape index (κ3) is 5.60. The average Bonchev–Trinajstić information content (AvgIpc) is 2.77. The monoisotopic (exact) mass is 436 g/mol. The van der Waals surface area contributed by atoms with Gasteiger partial charge in [-0.15, -0.1) is 0 Å². The lowest BCUT2D eigenvalue weighted by Gasteiger charge is -2.17. The zero-order chi connectivity index (χ0) is 23.3. The molecular formula is C24H25BO7. The van der Waals surface area contributed by atoms with Crippen LogP contribution in [0.15, 0.2) is 54.6 Å². The number of hydrogen-bond acceptors (Lipinski definition) is 7. The van der Waals surface area contributed by atoms with Crippen molar-refractivity contribution in [3.05, 3.63) is 76.9 Å². The first-order valence-electron chi connectivity index (χ1n) is 10.1. The van der Waals surface area contributed by atoms with Crippen molar-refractivity contribution in [1.82, 2.24) is 0 Å². The number of carbonyl (C=O) groups excluding carboxylic acids is 1. The molecule has 0 heterocycles. The molecule has 0 saturated heterocycles. The van der Waals surface area contributed by atoms with Crippen LogP contribution in [0.4, 0.5) is 0 Å². The summed E-state index contributed by atoms with van der Waals surface area (Å²) in [6.07, 6.45) is 0. The molecule has 3 N–H and O–H groups in total. The first-order valence-corrected chi connectivity index (χ1v) is 10.1. The van der Waals surface area contributed by atoms with Crippen molar-refractivity contribution < 1.29 is 34.2 Å². The van der Waals surface area contributed by atoms with Gasteiger partial charge in [0.2, 0.25) is 0 Å². The highest BCUT2D eigenvalue weighted by Crippen LogP contribution is 2.33. The minimum absolute atomic E-state index is 0.0795. The normalized spacial score (nSPS) is 10.5. The van der Waals surface area contributed by atoms with Gasteiger partial charge >= 0.3 is 13.1 Å². The van der Waals surface area contributed by atoms with Gasteiger partial charge in [0.15, 0.2) is 0 Å². The summed E-state index contributed by atoms with van der Waals surface area (Å²) in [5.74, 6) is 1.32. The van der Waals surface area contributed by atoms with Crippen molar-refractivity contribution in [1.29, 1.82) is 0 Å². The molecule has 166 valence electrons. The van der Waals surface area contributed by atoms with Crippen molar-refractivity contribution in [2.24, 2.45) is 0 Å². The lowest BCUT2D eigenvalue weighted by molar-refractivity contribution is 0.0733. The van der Waals surface area contributed by atoms with Gasteiger partial charge in [0.05, 0.1) is 5.56 Å². The van der Waals surface area contributed by atoms with Gasteiger partial charge in [-0.05, 0) is 85.4 Å². The second-order valence-electron chi connectivity index (χ2n) is 7.35. The van der Waals surface area contributed by atoms with Gasteiger partial charge in [0.1, 0.15) is 36.2 Å². The van der Waals surface area contributed by atoms with Crippen molar-refractivity contribution in [3.8, 4) is 23.0 Å². The summed E-state index contributed by atoms with van der Waals surface area (Å²) in [5.41, 5.74) is 3.21. The topological polar surface area (TPSA) is 105 Å². The Hall–Kier alpha value is -3.49. The smallest absolute Gasteiger partial charge is 0.488 e. The maximum absolute atomic E-state index is 12.4. The number of esters is 1. The third-order valence-corrected chi connectivity index (χ3v) is 5.06. The molecule has 3 aromatic rings. The first kappa shape index (κ1) is 23.2. The van der Waals surface area contributed by atoms with Gasteiger partial charge in [-0.3, -0.25) is 0 Å². The van der Waals surface area contributed by atoms with E-state index >= 15 is 0 Å². The molecule has 0 aromatic heterocycles. The standard InChI is InChI=1S/C24H25BO7/c1-15-14-22(32-24(27)18-4-8-20(26)9-5-18)16(2)17(3)23(15)31-13-12-30-21-10-6-19(7-11-21)25(28)29/h4-11,14,26,28-29H,12-13H2,1-3H3. The highest BCUT2D eigenvalue weighted by Gasteiger charge is 2.16. The molecule has 0 saturated carbocycles. The van der Waals surface area contributed by atoms with E-state index in [4.69, 9.17) is 24.3 Å². The minimum atomic E-state index is -1.51. The van der Waals surface area contributed by atoms with Crippen LogP contribution < -0.4 is 19.7 Å². The van der Waals surface area contributed by atoms with E-state index in [1.165, 1.54) is 24.3 Å². The molecule has 3 aromatic carbocycles. The largest absolute Gasteiger partial charge is 0.508 e. The highest BCUT2D eigenvalue weighted by molar-refractivity contribution is 6.58. The number of hydrogen-bond donors (Lipinski definition) is 3. The third-order valence-electron chi connectivity index (χ3n) is 5.06. The first-order chi connectivity index (χ1) is 15.3. The molecule has 3 rings (SSSR count). The van der Waals surface area contributed by atoms with Crippen LogP contribution >= 0.6 is 0 Å². The number of phenols is 1. The van der Waals surface area contributed by atoms with Gasteiger partial charge in [0.25, 0.3) is 0 Å². The Morgan fingerprint density at radius 2 is 1.50 bits per heavy atom. The lowest BCUT2D eigenvalue weighted by Crippen LogP contribution is -2.29. The molecule has 0 amide bonds. The van der Waals surface area contributed by atoms with E-state index in [-0.39, 0.29) is 5.75 Å². The summed E-state index contributed by atoms with van der Waals surface area (Å²) in [5, 5.41) is 27.6. The number of ether oxygens (including phenoxy) is 3. The molecule has 0 radical (unpaired) electrons. The zero-order valence-electron chi connectivity index (χ0n) is 18.2. The summed E-state index contributed by atoms with van der Waals surface area (Å²) >= 11 is 0. The Kier molecular flexibility index (Phi) is 7.40. The molecule has 0 unspecified atom stereocenters. The quantitative estimate of drug-likeness (QED) is 0.216. The number of rotatable bonds is 8. The van der Waals surface area contributed by atoms with E-state index in [0.717, 1.165) is 16.7 Å². The van der Waals surface area contributed by atoms with Gasteiger partial charge in [-0.25, -0.2) is 4.79 Å². The molecule has 0 aliphatic rings. The SMILES string of the molecule is Cc1cc(OC(=O)c2ccc(O)cc2)c(C)c(C)c1OCCOc1ccc(B(O)O)cc1.